The van der Waals surface area contributed by atoms with Crippen molar-refractivity contribution in [2.45, 2.75) is 95.7 Å². The van der Waals surface area contributed by atoms with Gasteiger partial charge >= 0.3 is 0 Å². The average Bonchev–Trinajstić information content (AvgIpc) is 3.30. The monoisotopic (exact) mass is 412 g/mol. The standard InChI is InChI=1S/C25H36N2O3/c1-2-3-17-30-22-15-13-19(14-16-22)24-25(29)26(20-9-5-4-6-10-20)18-23(28)27(24)21-11-7-8-12-21/h13-16,20-21,24H,2-12,17-18H2,1H3/t24-/m1/s1. The highest BCUT2D eigenvalue weighted by Gasteiger charge is 2.45. The van der Waals surface area contributed by atoms with Crippen molar-refractivity contribution in [1.82, 2.24) is 9.80 Å². The molecule has 0 aromatic heterocycles. The molecule has 1 aliphatic heterocycles. The predicted octanol–water partition coefficient (Wildman–Crippen LogP) is 4.85. The molecular weight excluding hydrogens is 376 g/mol. The van der Waals surface area contributed by atoms with Gasteiger partial charge in [0.05, 0.1) is 6.61 Å². The maximum absolute atomic E-state index is 13.7. The average molecular weight is 413 g/mol. The van der Waals surface area contributed by atoms with E-state index in [9.17, 15) is 9.59 Å². The normalized spacial score (nSPS) is 24.0. The number of piperazine rings is 1. The van der Waals surface area contributed by atoms with Gasteiger partial charge in [0, 0.05) is 12.1 Å². The number of nitrogens with zero attached hydrogens (tertiary/aromatic N) is 2. The molecule has 0 bridgehead atoms. The van der Waals surface area contributed by atoms with E-state index >= 15 is 0 Å². The van der Waals surface area contributed by atoms with E-state index in [1.54, 1.807) is 0 Å². The summed E-state index contributed by atoms with van der Waals surface area (Å²) in [6.07, 6.45) is 12.1. The fraction of sp³-hybridized carbons (Fsp3) is 0.680. The Balaban J connectivity index is 1.59. The lowest BCUT2D eigenvalue weighted by Crippen LogP contribution is -2.60. The van der Waals surface area contributed by atoms with E-state index in [4.69, 9.17) is 4.74 Å². The van der Waals surface area contributed by atoms with Gasteiger partial charge in [0.15, 0.2) is 0 Å². The van der Waals surface area contributed by atoms with E-state index in [0.717, 1.165) is 75.5 Å². The van der Waals surface area contributed by atoms with Gasteiger partial charge in [-0.1, -0.05) is 57.6 Å². The lowest BCUT2D eigenvalue weighted by molar-refractivity contribution is -0.161. The zero-order valence-corrected chi connectivity index (χ0v) is 18.4. The van der Waals surface area contributed by atoms with Crippen molar-refractivity contribution in [3.63, 3.8) is 0 Å². The molecule has 5 nitrogen and oxygen atoms in total. The fourth-order valence-corrected chi connectivity index (χ4v) is 5.41. The number of ether oxygens (including phenoxy) is 1. The zero-order valence-electron chi connectivity index (χ0n) is 18.4. The number of carbonyl (C=O) groups is 2. The Morgan fingerprint density at radius 3 is 2.20 bits per heavy atom. The summed E-state index contributed by atoms with van der Waals surface area (Å²) in [6, 6.07) is 7.82. The molecule has 0 spiro atoms. The van der Waals surface area contributed by atoms with Crippen molar-refractivity contribution in [2.24, 2.45) is 0 Å². The van der Waals surface area contributed by atoms with Crippen molar-refractivity contribution >= 4 is 11.8 Å². The summed E-state index contributed by atoms with van der Waals surface area (Å²) >= 11 is 0. The molecule has 164 valence electrons. The van der Waals surface area contributed by atoms with Gasteiger partial charge in [-0.05, 0) is 49.8 Å². The summed E-state index contributed by atoms with van der Waals surface area (Å²) in [7, 11) is 0. The van der Waals surface area contributed by atoms with E-state index in [0.29, 0.717) is 6.61 Å². The Kier molecular flexibility index (Phi) is 6.96. The fourth-order valence-electron chi connectivity index (χ4n) is 5.41. The second-order valence-corrected chi connectivity index (χ2v) is 9.17. The smallest absolute Gasteiger partial charge is 0.250 e. The van der Waals surface area contributed by atoms with Crippen LogP contribution in [0.1, 0.15) is 89.2 Å². The summed E-state index contributed by atoms with van der Waals surface area (Å²) < 4.78 is 5.80. The molecule has 2 aliphatic carbocycles. The first-order valence-electron chi connectivity index (χ1n) is 12.0. The number of carbonyl (C=O) groups excluding carboxylic acids is 2. The summed E-state index contributed by atoms with van der Waals surface area (Å²) in [5.74, 6) is 1.08. The van der Waals surface area contributed by atoms with Crippen molar-refractivity contribution in [2.75, 3.05) is 13.2 Å². The van der Waals surface area contributed by atoms with E-state index in [1.807, 2.05) is 34.1 Å². The summed E-state index contributed by atoms with van der Waals surface area (Å²) in [6.45, 7) is 3.11. The molecule has 1 atom stereocenters. The van der Waals surface area contributed by atoms with Crippen LogP contribution in [0.3, 0.4) is 0 Å². The number of benzene rings is 1. The van der Waals surface area contributed by atoms with Crippen molar-refractivity contribution in [1.29, 1.82) is 0 Å². The lowest BCUT2D eigenvalue weighted by Gasteiger charge is -2.46. The number of rotatable bonds is 7. The molecule has 0 N–H and O–H groups in total. The van der Waals surface area contributed by atoms with E-state index in [-0.39, 0.29) is 30.4 Å². The Morgan fingerprint density at radius 1 is 0.900 bits per heavy atom. The van der Waals surface area contributed by atoms with Crippen LogP contribution in [0.25, 0.3) is 0 Å². The quantitative estimate of drug-likeness (QED) is 0.602. The molecule has 0 radical (unpaired) electrons. The highest BCUT2D eigenvalue weighted by Crippen LogP contribution is 2.37. The minimum absolute atomic E-state index is 0.119. The summed E-state index contributed by atoms with van der Waals surface area (Å²) in [5, 5.41) is 0. The third kappa shape index (κ3) is 4.50. The minimum Gasteiger partial charge on any atom is -0.494 e. The second kappa shape index (κ2) is 9.84. The first kappa shape index (κ1) is 21.2. The third-order valence-electron chi connectivity index (χ3n) is 7.08. The van der Waals surface area contributed by atoms with Gasteiger partial charge in [-0.15, -0.1) is 0 Å². The summed E-state index contributed by atoms with van der Waals surface area (Å²) in [5.41, 5.74) is 0.920. The maximum atomic E-state index is 13.7. The van der Waals surface area contributed by atoms with Crippen LogP contribution in [-0.2, 0) is 9.59 Å². The molecule has 1 aromatic rings. The van der Waals surface area contributed by atoms with Crippen LogP contribution in [0.15, 0.2) is 24.3 Å². The Morgan fingerprint density at radius 2 is 1.53 bits per heavy atom. The molecule has 5 heteroatoms. The van der Waals surface area contributed by atoms with Crippen molar-refractivity contribution in [3.05, 3.63) is 29.8 Å². The van der Waals surface area contributed by atoms with Crippen LogP contribution in [0, 0.1) is 0 Å². The SMILES string of the molecule is CCCCOc1ccc([C@@H]2C(=O)N(C3CCCCC3)CC(=O)N2C2CCCC2)cc1. The highest BCUT2D eigenvalue weighted by molar-refractivity contribution is 5.96. The van der Waals surface area contributed by atoms with Crippen LogP contribution in [0.2, 0.25) is 0 Å². The Hall–Kier alpha value is -2.04. The molecule has 2 saturated carbocycles. The van der Waals surface area contributed by atoms with Crippen LogP contribution in [-0.4, -0.2) is 46.8 Å². The third-order valence-corrected chi connectivity index (χ3v) is 7.08. The molecule has 2 amide bonds. The number of hydrogen-bond acceptors (Lipinski definition) is 3. The molecule has 0 unspecified atom stereocenters. The van der Waals surface area contributed by atoms with Crippen LogP contribution in [0.5, 0.6) is 5.75 Å². The Bertz CT molecular complexity index is 720. The maximum Gasteiger partial charge on any atom is 0.250 e. The zero-order chi connectivity index (χ0) is 20.9. The van der Waals surface area contributed by atoms with E-state index in [2.05, 4.69) is 6.92 Å². The highest BCUT2D eigenvalue weighted by atomic mass is 16.5. The van der Waals surface area contributed by atoms with Gasteiger partial charge in [-0.3, -0.25) is 9.59 Å². The van der Waals surface area contributed by atoms with E-state index in [1.165, 1.54) is 6.42 Å². The predicted molar refractivity (Wildman–Crippen MR) is 117 cm³/mol. The Labute approximate surface area is 180 Å². The molecule has 1 saturated heterocycles. The first-order valence-corrected chi connectivity index (χ1v) is 12.0. The van der Waals surface area contributed by atoms with Gasteiger partial charge in [0.25, 0.3) is 5.91 Å². The van der Waals surface area contributed by atoms with Gasteiger partial charge in [-0.25, -0.2) is 0 Å². The summed E-state index contributed by atoms with van der Waals surface area (Å²) in [4.78, 5) is 30.9. The largest absolute Gasteiger partial charge is 0.494 e. The molecule has 4 rings (SSSR count). The van der Waals surface area contributed by atoms with Crippen LogP contribution < -0.4 is 4.74 Å². The van der Waals surface area contributed by atoms with Crippen LogP contribution in [0.4, 0.5) is 0 Å². The van der Waals surface area contributed by atoms with Gasteiger partial charge in [-0.2, -0.15) is 0 Å². The number of amides is 2. The van der Waals surface area contributed by atoms with E-state index < -0.39 is 6.04 Å². The van der Waals surface area contributed by atoms with Gasteiger partial charge in [0.2, 0.25) is 5.91 Å². The molecular formula is C25H36N2O3. The molecule has 30 heavy (non-hydrogen) atoms. The molecule has 1 aromatic carbocycles. The molecule has 3 aliphatic rings. The van der Waals surface area contributed by atoms with Gasteiger partial charge < -0.3 is 14.5 Å². The van der Waals surface area contributed by atoms with Gasteiger partial charge in [0.1, 0.15) is 18.3 Å². The second-order valence-electron chi connectivity index (χ2n) is 9.17. The molecule has 1 heterocycles. The molecule has 3 fully saturated rings. The lowest BCUT2D eigenvalue weighted by atomic mass is 9.91. The van der Waals surface area contributed by atoms with Crippen molar-refractivity contribution in [3.8, 4) is 5.75 Å². The first-order chi connectivity index (χ1) is 14.7. The van der Waals surface area contributed by atoms with Crippen molar-refractivity contribution < 1.29 is 14.3 Å². The minimum atomic E-state index is -0.485. The van der Waals surface area contributed by atoms with Crippen LogP contribution >= 0.6 is 0 Å². The number of unbranched alkanes of at least 4 members (excludes halogenated alkanes) is 1. The number of hydrogen-bond donors (Lipinski definition) is 0. The topological polar surface area (TPSA) is 49.9 Å².